The highest BCUT2D eigenvalue weighted by Gasteiger charge is 2.16. The van der Waals surface area contributed by atoms with Crippen molar-refractivity contribution in [2.75, 3.05) is 13.2 Å². The van der Waals surface area contributed by atoms with Gasteiger partial charge in [0.2, 0.25) is 0 Å². The van der Waals surface area contributed by atoms with Crippen molar-refractivity contribution in [3.63, 3.8) is 0 Å². The maximum absolute atomic E-state index is 12.1. The minimum atomic E-state index is -0.602. The van der Waals surface area contributed by atoms with Gasteiger partial charge in [-0.25, -0.2) is 4.79 Å². The van der Waals surface area contributed by atoms with Crippen LogP contribution in [-0.4, -0.2) is 23.8 Å². The molecular formula is C25H26N2O3. The van der Waals surface area contributed by atoms with Gasteiger partial charge in [-0.2, -0.15) is 5.26 Å². The molecule has 0 spiro atoms. The Balaban J connectivity index is 1.91. The van der Waals surface area contributed by atoms with E-state index in [4.69, 9.17) is 9.47 Å². The van der Waals surface area contributed by atoms with Gasteiger partial charge in [0.05, 0.1) is 13.2 Å². The van der Waals surface area contributed by atoms with Crippen LogP contribution in [0.25, 0.3) is 17.0 Å². The third-order valence-electron chi connectivity index (χ3n) is 4.96. The third-order valence-corrected chi connectivity index (χ3v) is 4.96. The number of para-hydroxylation sites is 1. The predicted octanol–water partition coefficient (Wildman–Crippen LogP) is 5.12. The lowest BCUT2D eigenvalue weighted by molar-refractivity contribution is -0.137. The molecule has 0 radical (unpaired) electrons. The Labute approximate surface area is 177 Å². The number of rotatable bonds is 7. The van der Waals surface area contributed by atoms with E-state index >= 15 is 0 Å². The van der Waals surface area contributed by atoms with Crippen molar-refractivity contribution in [2.24, 2.45) is 0 Å². The Hall–Kier alpha value is -3.52. The number of carbonyl (C=O) groups excluding carboxylic acids is 1. The first-order chi connectivity index (χ1) is 14.4. The van der Waals surface area contributed by atoms with E-state index in [1.54, 1.807) is 13.0 Å². The Morgan fingerprint density at radius 2 is 1.83 bits per heavy atom. The highest BCUT2D eigenvalue weighted by atomic mass is 16.5. The Bertz CT molecular complexity index is 1130. The van der Waals surface area contributed by atoms with Crippen LogP contribution in [-0.2, 0) is 16.1 Å². The summed E-state index contributed by atoms with van der Waals surface area (Å²) in [5.41, 5.74) is 5.19. The number of benzene rings is 2. The zero-order chi connectivity index (χ0) is 21.7. The molecule has 0 N–H and O–H groups in total. The molecule has 0 unspecified atom stereocenters. The van der Waals surface area contributed by atoms with Gasteiger partial charge >= 0.3 is 5.97 Å². The standard InChI is InChI=1S/C25H26N2O3/c1-5-29-25(28)20(16-26)15-23-19(4)27(24-9-7-6-8-22(23)24)10-11-30-21-13-17(2)12-18(3)14-21/h6-9,12-15H,5,10-11H2,1-4H3/b20-15+. The smallest absolute Gasteiger partial charge is 0.348 e. The number of nitriles is 1. The van der Waals surface area contributed by atoms with Gasteiger partial charge in [0.15, 0.2) is 0 Å². The molecule has 0 atom stereocenters. The van der Waals surface area contributed by atoms with Gasteiger partial charge < -0.3 is 14.0 Å². The zero-order valence-electron chi connectivity index (χ0n) is 17.9. The van der Waals surface area contributed by atoms with E-state index in [1.807, 2.05) is 49.4 Å². The predicted molar refractivity (Wildman–Crippen MR) is 118 cm³/mol. The van der Waals surface area contributed by atoms with Gasteiger partial charge in [-0.15, -0.1) is 0 Å². The van der Waals surface area contributed by atoms with Gasteiger partial charge in [-0.1, -0.05) is 24.3 Å². The maximum atomic E-state index is 12.1. The third kappa shape index (κ3) is 4.55. The van der Waals surface area contributed by atoms with Gasteiger partial charge in [-0.3, -0.25) is 0 Å². The Kier molecular flexibility index (Phi) is 6.58. The van der Waals surface area contributed by atoms with Crippen molar-refractivity contribution >= 4 is 22.9 Å². The number of aromatic nitrogens is 1. The van der Waals surface area contributed by atoms with Crippen LogP contribution >= 0.6 is 0 Å². The number of nitrogens with zero attached hydrogens (tertiary/aromatic N) is 2. The number of hydrogen-bond donors (Lipinski definition) is 0. The van der Waals surface area contributed by atoms with Crippen molar-refractivity contribution < 1.29 is 14.3 Å². The molecule has 0 saturated carbocycles. The molecule has 0 aliphatic rings. The quantitative estimate of drug-likeness (QED) is 0.313. The molecule has 3 rings (SSSR count). The van der Waals surface area contributed by atoms with Crippen LogP contribution in [0.4, 0.5) is 0 Å². The largest absolute Gasteiger partial charge is 0.492 e. The molecule has 1 heterocycles. The fraction of sp³-hybridized carbons (Fsp3) is 0.280. The first-order valence-electron chi connectivity index (χ1n) is 10.0. The van der Waals surface area contributed by atoms with Gasteiger partial charge in [0, 0.05) is 22.2 Å². The molecule has 5 nitrogen and oxygen atoms in total. The van der Waals surface area contributed by atoms with E-state index < -0.39 is 5.97 Å². The SMILES string of the molecule is CCOC(=O)/C(C#N)=C/c1c(C)n(CCOc2cc(C)cc(C)c2)c2ccccc12. The van der Waals surface area contributed by atoms with E-state index in [9.17, 15) is 10.1 Å². The normalized spacial score (nSPS) is 11.4. The summed E-state index contributed by atoms with van der Waals surface area (Å²) >= 11 is 0. The van der Waals surface area contributed by atoms with Crippen molar-refractivity contribution in [1.29, 1.82) is 5.26 Å². The topological polar surface area (TPSA) is 64.2 Å². The summed E-state index contributed by atoms with van der Waals surface area (Å²) in [6, 6.07) is 16.1. The molecule has 2 aromatic carbocycles. The number of fused-ring (bicyclic) bond motifs is 1. The summed E-state index contributed by atoms with van der Waals surface area (Å²) in [6.45, 7) is 9.21. The minimum Gasteiger partial charge on any atom is -0.492 e. The van der Waals surface area contributed by atoms with E-state index in [2.05, 4.69) is 24.5 Å². The molecule has 5 heteroatoms. The molecule has 0 bridgehead atoms. The van der Waals surface area contributed by atoms with Gasteiger partial charge in [0.25, 0.3) is 0 Å². The average Bonchev–Trinajstić information content (AvgIpc) is 2.97. The van der Waals surface area contributed by atoms with Crippen molar-refractivity contribution in [1.82, 2.24) is 4.57 Å². The average molecular weight is 402 g/mol. The number of hydrogen-bond acceptors (Lipinski definition) is 4. The second kappa shape index (κ2) is 9.32. The van der Waals surface area contributed by atoms with Gasteiger partial charge in [0.1, 0.15) is 24.0 Å². The zero-order valence-corrected chi connectivity index (χ0v) is 17.9. The molecule has 0 aliphatic carbocycles. The molecular weight excluding hydrogens is 376 g/mol. The van der Waals surface area contributed by atoms with Crippen LogP contribution in [0.2, 0.25) is 0 Å². The molecule has 0 fully saturated rings. The summed E-state index contributed by atoms with van der Waals surface area (Å²) in [5, 5.41) is 10.4. The monoisotopic (exact) mass is 402 g/mol. The fourth-order valence-electron chi connectivity index (χ4n) is 3.69. The molecule has 0 aliphatic heterocycles. The lowest BCUT2D eigenvalue weighted by atomic mass is 10.1. The van der Waals surface area contributed by atoms with Crippen LogP contribution in [0, 0.1) is 32.1 Å². The van der Waals surface area contributed by atoms with E-state index in [-0.39, 0.29) is 12.2 Å². The molecule has 30 heavy (non-hydrogen) atoms. The van der Waals surface area contributed by atoms with E-state index in [1.165, 1.54) is 11.1 Å². The number of aryl methyl sites for hydroxylation is 2. The number of ether oxygens (including phenoxy) is 2. The summed E-state index contributed by atoms with van der Waals surface area (Å²) in [7, 11) is 0. The van der Waals surface area contributed by atoms with Crippen LogP contribution in [0.3, 0.4) is 0 Å². The first kappa shape index (κ1) is 21.2. The summed E-state index contributed by atoms with van der Waals surface area (Å²) in [6.07, 6.45) is 1.62. The molecule has 154 valence electrons. The summed E-state index contributed by atoms with van der Waals surface area (Å²) in [5.74, 6) is 0.255. The molecule has 0 saturated heterocycles. The second-order valence-electron chi connectivity index (χ2n) is 7.23. The minimum absolute atomic E-state index is 0.00524. The van der Waals surface area contributed by atoms with Crippen molar-refractivity contribution in [2.45, 2.75) is 34.2 Å². The first-order valence-corrected chi connectivity index (χ1v) is 10.0. The summed E-state index contributed by atoms with van der Waals surface area (Å²) < 4.78 is 13.2. The molecule has 0 amide bonds. The summed E-state index contributed by atoms with van der Waals surface area (Å²) in [4.78, 5) is 12.1. The maximum Gasteiger partial charge on any atom is 0.348 e. The van der Waals surface area contributed by atoms with Crippen LogP contribution < -0.4 is 4.74 Å². The van der Waals surface area contributed by atoms with Crippen LogP contribution in [0.15, 0.2) is 48.0 Å². The van der Waals surface area contributed by atoms with E-state index in [0.717, 1.165) is 27.9 Å². The number of carbonyl (C=O) groups is 1. The number of esters is 1. The lowest BCUT2D eigenvalue weighted by Gasteiger charge is -2.11. The van der Waals surface area contributed by atoms with Crippen LogP contribution in [0.1, 0.15) is 29.3 Å². The second-order valence-corrected chi connectivity index (χ2v) is 7.23. The highest BCUT2D eigenvalue weighted by Crippen LogP contribution is 2.28. The van der Waals surface area contributed by atoms with Gasteiger partial charge in [-0.05, 0) is 63.1 Å². The fourth-order valence-corrected chi connectivity index (χ4v) is 3.69. The Morgan fingerprint density at radius 1 is 1.13 bits per heavy atom. The van der Waals surface area contributed by atoms with Crippen molar-refractivity contribution in [3.05, 3.63) is 70.4 Å². The van der Waals surface area contributed by atoms with Crippen LogP contribution in [0.5, 0.6) is 5.75 Å². The molecule has 1 aromatic heterocycles. The van der Waals surface area contributed by atoms with Crippen molar-refractivity contribution in [3.8, 4) is 11.8 Å². The lowest BCUT2D eigenvalue weighted by Crippen LogP contribution is -2.10. The molecule has 3 aromatic rings. The van der Waals surface area contributed by atoms with E-state index in [0.29, 0.717) is 13.2 Å². The highest BCUT2D eigenvalue weighted by molar-refractivity contribution is 6.01. The Morgan fingerprint density at radius 3 is 2.50 bits per heavy atom.